The van der Waals surface area contributed by atoms with Crippen LogP contribution in [0.3, 0.4) is 0 Å². The molecule has 2 heterocycles. The van der Waals surface area contributed by atoms with Gasteiger partial charge in [-0.3, -0.25) is 0 Å². The molecule has 0 aliphatic heterocycles. The summed E-state index contributed by atoms with van der Waals surface area (Å²) in [4.78, 5) is 13.3. The normalized spacial score (nSPS) is 10.6. The monoisotopic (exact) mass is 307 g/mol. The average molecular weight is 307 g/mol. The molecular weight excluding hydrogens is 286 g/mol. The number of hydrogen-bond donors (Lipinski definition) is 2. The van der Waals surface area contributed by atoms with Crippen LogP contribution >= 0.6 is 11.3 Å². The molecule has 2 rings (SSSR count). The van der Waals surface area contributed by atoms with Gasteiger partial charge in [0.2, 0.25) is 0 Å². The number of rotatable bonds is 8. The lowest BCUT2D eigenvalue weighted by Crippen LogP contribution is -2.10. The third-order valence-corrected chi connectivity index (χ3v) is 3.80. The third-order valence-electron chi connectivity index (χ3n) is 2.78. The van der Waals surface area contributed by atoms with Crippen LogP contribution in [0, 0.1) is 6.92 Å². The molecule has 0 amide bonds. The van der Waals surface area contributed by atoms with Gasteiger partial charge in [-0.2, -0.15) is 0 Å². The van der Waals surface area contributed by atoms with E-state index in [-0.39, 0.29) is 0 Å². The standard InChI is InChI=1S/C14H21N5OS/c1-4-20-8-13-18-11(15-3)7-12(19-13)16-6-5-14-17-10(2)9-21-14/h7,9H,4-6,8H2,1-3H3,(H2,15,16,18,19). The minimum absolute atomic E-state index is 0.423. The Labute approximate surface area is 129 Å². The second-order valence-corrected chi connectivity index (χ2v) is 5.44. The fourth-order valence-electron chi connectivity index (χ4n) is 1.79. The predicted octanol–water partition coefficient (Wildman–Crippen LogP) is 2.47. The largest absolute Gasteiger partial charge is 0.374 e. The first-order chi connectivity index (χ1) is 10.2. The number of anilines is 2. The van der Waals surface area contributed by atoms with Gasteiger partial charge in [0.15, 0.2) is 5.82 Å². The summed E-state index contributed by atoms with van der Waals surface area (Å²) in [6.45, 7) is 5.83. The van der Waals surface area contributed by atoms with Gasteiger partial charge in [-0.25, -0.2) is 15.0 Å². The summed E-state index contributed by atoms with van der Waals surface area (Å²) in [6, 6.07) is 1.89. The molecule has 2 aromatic heterocycles. The molecule has 0 unspecified atom stereocenters. The van der Waals surface area contributed by atoms with E-state index in [1.165, 1.54) is 0 Å². The fraction of sp³-hybridized carbons (Fsp3) is 0.500. The van der Waals surface area contributed by atoms with Crippen LogP contribution in [0.2, 0.25) is 0 Å². The van der Waals surface area contributed by atoms with E-state index in [9.17, 15) is 0 Å². The van der Waals surface area contributed by atoms with E-state index in [1.807, 2.05) is 27.0 Å². The Balaban J connectivity index is 1.94. The van der Waals surface area contributed by atoms with E-state index in [0.29, 0.717) is 19.0 Å². The quantitative estimate of drug-likeness (QED) is 0.780. The number of aromatic nitrogens is 3. The van der Waals surface area contributed by atoms with Crippen molar-refractivity contribution >= 4 is 23.0 Å². The van der Waals surface area contributed by atoms with Crippen LogP contribution in [0.1, 0.15) is 23.4 Å². The van der Waals surface area contributed by atoms with E-state index >= 15 is 0 Å². The van der Waals surface area contributed by atoms with Crippen molar-refractivity contribution in [2.24, 2.45) is 0 Å². The number of aryl methyl sites for hydroxylation is 1. The summed E-state index contributed by atoms with van der Waals surface area (Å²) >= 11 is 1.69. The maximum absolute atomic E-state index is 5.36. The molecule has 0 atom stereocenters. The maximum Gasteiger partial charge on any atom is 0.158 e. The molecule has 21 heavy (non-hydrogen) atoms. The highest BCUT2D eigenvalue weighted by molar-refractivity contribution is 7.09. The number of hydrogen-bond acceptors (Lipinski definition) is 7. The van der Waals surface area contributed by atoms with Crippen LogP contribution < -0.4 is 10.6 Å². The van der Waals surface area contributed by atoms with Crippen molar-refractivity contribution in [1.29, 1.82) is 0 Å². The van der Waals surface area contributed by atoms with Crippen molar-refractivity contribution in [3.63, 3.8) is 0 Å². The molecule has 0 bridgehead atoms. The molecule has 0 saturated carbocycles. The van der Waals surface area contributed by atoms with Crippen LogP contribution in [0.25, 0.3) is 0 Å². The lowest BCUT2D eigenvalue weighted by molar-refractivity contribution is 0.128. The highest BCUT2D eigenvalue weighted by Gasteiger charge is 2.05. The Bertz CT molecular complexity index is 572. The minimum Gasteiger partial charge on any atom is -0.374 e. The van der Waals surface area contributed by atoms with Crippen molar-refractivity contribution < 1.29 is 4.74 Å². The van der Waals surface area contributed by atoms with Gasteiger partial charge in [-0.05, 0) is 13.8 Å². The maximum atomic E-state index is 5.36. The molecule has 0 saturated heterocycles. The lowest BCUT2D eigenvalue weighted by atomic mass is 10.4. The molecule has 0 spiro atoms. The zero-order valence-electron chi connectivity index (χ0n) is 12.6. The smallest absolute Gasteiger partial charge is 0.158 e. The van der Waals surface area contributed by atoms with Crippen LogP contribution in [0.5, 0.6) is 0 Å². The third kappa shape index (κ3) is 4.95. The summed E-state index contributed by atoms with van der Waals surface area (Å²) in [5, 5.41) is 9.56. The zero-order chi connectivity index (χ0) is 15.1. The highest BCUT2D eigenvalue weighted by atomic mass is 32.1. The Morgan fingerprint density at radius 3 is 2.71 bits per heavy atom. The Kier molecular flexibility index (Phi) is 5.89. The number of nitrogens with zero attached hydrogens (tertiary/aromatic N) is 3. The topological polar surface area (TPSA) is 72.0 Å². The van der Waals surface area contributed by atoms with E-state index in [4.69, 9.17) is 4.74 Å². The minimum atomic E-state index is 0.423. The first-order valence-corrected chi connectivity index (χ1v) is 7.87. The first kappa shape index (κ1) is 15.7. The molecule has 0 radical (unpaired) electrons. The SMILES string of the molecule is CCOCc1nc(NC)cc(NCCc2nc(C)cs2)n1. The highest BCUT2D eigenvalue weighted by Crippen LogP contribution is 2.13. The van der Waals surface area contributed by atoms with Gasteiger partial charge in [0.25, 0.3) is 0 Å². The number of ether oxygens (including phenoxy) is 1. The molecule has 0 aliphatic carbocycles. The Morgan fingerprint density at radius 2 is 2.05 bits per heavy atom. The molecule has 6 nitrogen and oxygen atoms in total. The van der Waals surface area contributed by atoms with Crippen LogP contribution in [0.4, 0.5) is 11.6 Å². The predicted molar refractivity (Wildman–Crippen MR) is 86.0 cm³/mol. The van der Waals surface area contributed by atoms with Gasteiger partial charge in [0.05, 0.1) is 5.01 Å². The molecule has 2 N–H and O–H groups in total. The first-order valence-electron chi connectivity index (χ1n) is 6.99. The van der Waals surface area contributed by atoms with Gasteiger partial charge in [0, 0.05) is 43.8 Å². The van der Waals surface area contributed by atoms with Gasteiger partial charge in [0.1, 0.15) is 18.2 Å². The molecular formula is C14H21N5OS. The second kappa shape index (κ2) is 7.90. The summed E-state index contributed by atoms with van der Waals surface area (Å²) < 4.78 is 5.36. The number of nitrogens with one attached hydrogen (secondary N) is 2. The van der Waals surface area contributed by atoms with Crippen molar-refractivity contribution in [3.05, 3.63) is 28.0 Å². The van der Waals surface area contributed by atoms with Gasteiger partial charge in [-0.1, -0.05) is 0 Å². The molecule has 7 heteroatoms. The van der Waals surface area contributed by atoms with Crippen molar-refractivity contribution in [2.75, 3.05) is 30.8 Å². The van der Waals surface area contributed by atoms with E-state index < -0.39 is 0 Å². The van der Waals surface area contributed by atoms with Crippen LogP contribution in [0.15, 0.2) is 11.4 Å². The average Bonchev–Trinajstić information content (AvgIpc) is 2.90. The lowest BCUT2D eigenvalue weighted by Gasteiger charge is -2.09. The van der Waals surface area contributed by atoms with Gasteiger partial charge < -0.3 is 15.4 Å². The Hall–Kier alpha value is -1.73. The van der Waals surface area contributed by atoms with Crippen LogP contribution in [-0.2, 0) is 17.8 Å². The molecule has 0 fully saturated rings. The molecule has 114 valence electrons. The van der Waals surface area contributed by atoms with Crippen molar-refractivity contribution in [2.45, 2.75) is 26.9 Å². The van der Waals surface area contributed by atoms with Crippen molar-refractivity contribution in [1.82, 2.24) is 15.0 Å². The molecule has 0 aliphatic rings. The van der Waals surface area contributed by atoms with E-state index in [2.05, 4.69) is 31.0 Å². The molecule has 0 aromatic carbocycles. The van der Waals surface area contributed by atoms with Gasteiger partial charge >= 0.3 is 0 Å². The molecule has 2 aromatic rings. The van der Waals surface area contributed by atoms with Crippen LogP contribution in [-0.4, -0.2) is 35.2 Å². The summed E-state index contributed by atoms with van der Waals surface area (Å²) in [6.07, 6.45) is 0.887. The van der Waals surface area contributed by atoms with Gasteiger partial charge in [-0.15, -0.1) is 11.3 Å². The fourth-order valence-corrected chi connectivity index (χ4v) is 2.56. The Morgan fingerprint density at radius 1 is 1.24 bits per heavy atom. The second-order valence-electron chi connectivity index (χ2n) is 4.50. The summed E-state index contributed by atoms with van der Waals surface area (Å²) in [5.41, 5.74) is 1.08. The van der Waals surface area contributed by atoms with E-state index in [0.717, 1.165) is 35.3 Å². The number of thiazole rings is 1. The van der Waals surface area contributed by atoms with E-state index in [1.54, 1.807) is 11.3 Å². The summed E-state index contributed by atoms with van der Waals surface area (Å²) in [7, 11) is 1.84. The summed E-state index contributed by atoms with van der Waals surface area (Å²) in [5.74, 6) is 2.26. The zero-order valence-corrected chi connectivity index (χ0v) is 13.5. The van der Waals surface area contributed by atoms with Crippen molar-refractivity contribution in [3.8, 4) is 0 Å².